The topological polar surface area (TPSA) is 85.1 Å². The van der Waals surface area contributed by atoms with Gasteiger partial charge in [-0.15, -0.1) is 12.4 Å². The van der Waals surface area contributed by atoms with Crippen LogP contribution < -0.4 is 5.32 Å². The molecule has 2 aromatic rings. The van der Waals surface area contributed by atoms with E-state index >= 15 is 0 Å². The van der Waals surface area contributed by atoms with E-state index in [0.717, 1.165) is 35.6 Å². The molecule has 3 aliphatic rings. The van der Waals surface area contributed by atoms with Crippen LogP contribution in [-0.2, 0) is 0 Å². The van der Waals surface area contributed by atoms with E-state index in [9.17, 15) is 0 Å². The first-order valence-corrected chi connectivity index (χ1v) is 9.98. The molecule has 2 aromatic carbocycles. The summed E-state index contributed by atoms with van der Waals surface area (Å²) in [4.78, 5) is 12.9. The van der Waals surface area contributed by atoms with Crippen LogP contribution in [0.2, 0.25) is 0 Å². The van der Waals surface area contributed by atoms with E-state index in [4.69, 9.17) is 4.98 Å². The summed E-state index contributed by atoms with van der Waals surface area (Å²) in [6.45, 7) is 2.26. The first-order valence-electron chi connectivity index (χ1n) is 9.98. The van der Waals surface area contributed by atoms with Crippen LogP contribution >= 0.6 is 12.4 Å². The third-order valence-corrected chi connectivity index (χ3v) is 5.75. The molecule has 3 atom stereocenters. The Kier molecular flexibility index (Phi) is 6.87. The molecule has 0 radical (unpaired) electrons. The highest BCUT2D eigenvalue weighted by atomic mass is 35.5. The molecule has 3 unspecified atom stereocenters. The minimum atomic E-state index is 0. The molecule has 0 amide bonds. The van der Waals surface area contributed by atoms with Crippen LogP contribution in [0.3, 0.4) is 0 Å². The fraction of sp³-hybridized carbons (Fsp3) is 0.250. The van der Waals surface area contributed by atoms with E-state index in [2.05, 4.69) is 76.8 Å². The van der Waals surface area contributed by atoms with Gasteiger partial charge in [0, 0.05) is 29.8 Å². The van der Waals surface area contributed by atoms with Gasteiger partial charge >= 0.3 is 0 Å². The number of H-pyrrole nitrogens is 1. The van der Waals surface area contributed by atoms with Crippen molar-refractivity contribution in [3.05, 3.63) is 84.4 Å². The Balaban J connectivity index is 0.00000128. The van der Waals surface area contributed by atoms with E-state index in [1.165, 1.54) is 11.1 Å². The largest absolute Gasteiger partial charge is 0.412 e. The van der Waals surface area contributed by atoms with Crippen molar-refractivity contribution in [2.24, 2.45) is 0 Å². The Bertz CT molecular complexity index is 1040. The van der Waals surface area contributed by atoms with E-state index in [1.807, 2.05) is 18.5 Å². The van der Waals surface area contributed by atoms with Crippen molar-refractivity contribution in [1.82, 2.24) is 20.3 Å². The lowest BCUT2D eigenvalue weighted by Gasteiger charge is -2.34. The number of benzene rings is 2. The van der Waals surface area contributed by atoms with Crippen LogP contribution in [0.4, 0.5) is 0 Å². The second-order valence-corrected chi connectivity index (χ2v) is 7.77. The van der Waals surface area contributed by atoms with Crippen LogP contribution in [0, 0.1) is 0 Å². The highest BCUT2D eigenvalue weighted by Crippen LogP contribution is 2.37. The number of hydrogen-bond donors (Lipinski definition) is 2. The Labute approximate surface area is 183 Å². The summed E-state index contributed by atoms with van der Waals surface area (Å²) in [5, 5.41) is 3.75. The number of rotatable bonds is 3. The second-order valence-electron chi connectivity index (χ2n) is 7.77. The monoisotopic (exact) mass is 422 g/mol. The Morgan fingerprint density at radius 2 is 1.57 bits per heavy atom. The summed E-state index contributed by atoms with van der Waals surface area (Å²) in [6.07, 6.45) is 5.98. The Morgan fingerprint density at radius 1 is 0.867 bits per heavy atom. The molecule has 0 bridgehead atoms. The summed E-state index contributed by atoms with van der Waals surface area (Å²) in [6, 6.07) is 21.9. The van der Waals surface area contributed by atoms with Crippen molar-refractivity contribution in [1.29, 1.82) is 0 Å². The molecule has 156 valence electrons. The first kappa shape index (κ1) is 22.0. The smallest absolute Gasteiger partial charge is 0.109 e. The minimum absolute atomic E-state index is 0. The second kappa shape index (κ2) is 9.39. The number of aromatic nitrogens is 3. The molecule has 5 rings (SSSR count). The van der Waals surface area contributed by atoms with Gasteiger partial charge in [0.1, 0.15) is 11.5 Å². The molecular formula is C24H27ClN4O. The molecule has 1 fully saturated rings. The van der Waals surface area contributed by atoms with Gasteiger partial charge in [-0.3, -0.25) is 4.98 Å². The number of halogens is 1. The van der Waals surface area contributed by atoms with Gasteiger partial charge in [-0.1, -0.05) is 60.7 Å². The third kappa shape index (κ3) is 4.24. The fourth-order valence-corrected chi connectivity index (χ4v) is 4.39. The molecule has 6 heteroatoms. The SMILES string of the molecule is CC1CC(c2ncc3ncc(-c4ccccc4)c-3[nH]2)CC(c2ccccc2)N1.Cl.O. The van der Waals surface area contributed by atoms with Gasteiger partial charge in [0.15, 0.2) is 0 Å². The van der Waals surface area contributed by atoms with Crippen LogP contribution in [-0.4, -0.2) is 26.5 Å². The highest BCUT2D eigenvalue weighted by molar-refractivity contribution is 5.85. The fourth-order valence-electron chi connectivity index (χ4n) is 4.39. The van der Waals surface area contributed by atoms with Gasteiger partial charge in [0.2, 0.25) is 0 Å². The molecule has 3 aliphatic heterocycles. The molecule has 0 saturated carbocycles. The summed E-state index contributed by atoms with van der Waals surface area (Å²) < 4.78 is 0. The van der Waals surface area contributed by atoms with Crippen molar-refractivity contribution in [3.8, 4) is 22.5 Å². The normalized spacial score (nSPS) is 20.9. The van der Waals surface area contributed by atoms with E-state index in [0.29, 0.717) is 18.0 Å². The minimum Gasteiger partial charge on any atom is -0.412 e. The summed E-state index contributed by atoms with van der Waals surface area (Å²) >= 11 is 0. The molecule has 0 spiro atoms. The lowest BCUT2D eigenvalue weighted by molar-refractivity contribution is 0.299. The molecule has 1 saturated heterocycles. The first-order chi connectivity index (χ1) is 13.8. The van der Waals surface area contributed by atoms with Crippen LogP contribution in [0.5, 0.6) is 0 Å². The summed E-state index contributed by atoms with van der Waals surface area (Å²) in [5.74, 6) is 1.45. The van der Waals surface area contributed by atoms with Gasteiger partial charge in [-0.25, -0.2) is 4.98 Å². The highest BCUT2D eigenvalue weighted by Gasteiger charge is 2.30. The maximum absolute atomic E-state index is 4.75. The zero-order valence-electron chi connectivity index (χ0n) is 16.9. The maximum atomic E-state index is 4.75. The van der Waals surface area contributed by atoms with Crippen molar-refractivity contribution in [2.45, 2.75) is 37.8 Å². The number of fused-ring (bicyclic) bond motifs is 1. The van der Waals surface area contributed by atoms with Crippen molar-refractivity contribution >= 4 is 12.4 Å². The van der Waals surface area contributed by atoms with E-state index in [1.54, 1.807) is 0 Å². The van der Waals surface area contributed by atoms with Crippen molar-refractivity contribution < 1.29 is 5.48 Å². The molecule has 4 N–H and O–H groups in total. The average molecular weight is 423 g/mol. The van der Waals surface area contributed by atoms with Gasteiger partial charge in [-0.05, 0) is 30.9 Å². The summed E-state index contributed by atoms with van der Waals surface area (Å²) in [7, 11) is 0. The molecule has 30 heavy (non-hydrogen) atoms. The lowest BCUT2D eigenvalue weighted by Crippen LogP contribution is -2.38. The number of nitrogens with zero attached hydrogens (tertiary/aromatic N) is 2. The van der Waals surface area contributed by atoms with Gasteiger partial charge in [-0.2, -0.15) is 0 Å². The zero-order chi connectivity index (χ0) is 18.9. The van der Waals surface area contributed by atoms with Crippen molar-refractivity contribution in [3.63, 3.8) is 0 Å². The van der Waals surface area contributed by atoms with Gasteiger partial charge < -0.3 is 15.8 Å². The Morgan fingerprint density at radius 3 is 2.30 bits per heavy atom. The molecule has 0 aromatic heterocycles. The lowest BCUT2D eigenvalue weighted by atomic mass is 9.85. The van der Waals surface area contributed by atoms with Gasteiger partial charge in [0.05, 0.1) is 11.9 Å². The number of piperidine rings is 1. The predicted molar refractivity (Wildman–Crippen MR) is 123 cm³/mol. The van der Waals surface area contributed by atoms with Crippen LogP contribution in [0.1, 0.15) is 43.1 Å². The Hall–Kier alpha value is -2.73. The zero-order valence-corrected chi connectivity index (χ0v) is 17.7. The van der Waals surface area contributed by atoms with Crippen LogP contribution in [0.15, 0.2) is 73.1 Å². The molecule has 0 aliphatic carbocycles. The standard InChI is InChI=1S/C24H24N4.ClH.H2O/c1-16-12-19(13-21(27-16)18-10-6-3-7-11-18)24-26-15-22-23(28-24)20(14-25-22)17-8-4-2-5-9-17;;/h2-11,14-16,19,21,27H,12-13H2,1H3,(H,26,28);1H;1H2. The molecule has 3 heterocycles. The number of hydrogen-bond acceptors (Lipinski definition) is 3. The number of aromatic amines is 1. The quantitative estimate of drug-likeness (QED) is 0.498. The van der Waals surface area contributed by atoms with Crippen molar-refractivity contribution in [2.75, 3.05) is 0 Å². The maximum Gasteiger partial charge on any atom is 0.109 e. The molecule has 5 nitrogen and oxygen atoms in total. The summed E-state index contributed by atoms with van der Waals surface area (Å²) in [5.41, 5.74) is 5.67. The van der Waals surface area contributed by atoms with Crippen LogP contribution in [0.25, 0.3) is 22.5 Å². The average Bonchev–Trinajstić information content (AvgIpc) is 3.18. The molecular weight excluding hydrogens is 396 g/mol. The third-order valence-electron chi connectivity index (χ3n) is 5.75. The number of nitrogens with one attached hydrogen (secondary N) is 2. The predicted octanol–water partition coefficient (Wildman–Crippen LogP) is 4.77. The van der Waals surface area contributed by atoms with E-state index in [-0.39, 0.29) is 17.9 Å². The van der Waals surface area contributed by atoms with Gasteiger partial charge in [0.25, 0.3) is 0 Å². The van der Waals surface area contributed by atoms with E-state index < -0.39 is 0 Å².